The SMILES string of the molecule is N#Cc1ccc[c]c1N1CCNCC1. The van der Waals surface area contributed by atoms with Crippen molar-refractivity contribution in [3.63, 3.8) is 0 Å². The first kappa shape index (κ1) is 9.04. The van der Waals surface area contributed by atoms with E-state index in [0.717, 1.165) is 37.4 Å². The second-order valence-electron chi connectivity index (χ2n) is 3.28. The van der Waals surface area contributed by atoms with Gasteiger partial charge in [-0.3, -0.25) is 0 Å². The van der Waals surface area contributed by atoms with Gasteiger partial charge in [-0.2, -0.15) is 5.26 Å². The van der Waals surface area contributed by atoms with Crippen molar-refractivity contribution in [1.82, 2.24) is 5.32 Å². The van der Waals surface area contributed by atoms with E-state index >= 15 is 0 Å². The van der Waals surface area contributed by atoms with Gasteiger partial charge in [0.05, 0.1) is 11.3 Å². The number of rotatable bonds is 1. The maximum absolute atomic E-state index is 8.94. The van der Waals surface area contributed by atoms with Gasteiger partial charge in [0.1, 0.15) is 6.07 Å². The Morgan fingerprint density at radius 1 is 1.43 bits per heavy atom. The van der Waals surface area contributed by atoms with E-state index < -0.39 is 0 Å². The van der Waals surface area contributed by atoms with Crippen molar-refractivity contribution < 1.29 is 0 Å². The number of hydrogen-bond acceptors (Lipinski definition) is 3. The minimum absolute atomic E-state index is 0.717. The van der Waals surface area contributed by atoms with Crippen LogP contribution in [0.3, 0.4) is 0 Å². The first-order valence-corrected chi connectivity index (χ1v) is 4.78. The average Bonchev–Trinajstić information content (AvgIpc) is 2.30. The Bertz CT molecular complexity index is 348. The summed E-state index contributed by atoms with van der Waals surface area (Å²) in [5, 5.41) is 12.2. The van der Waals surface area contributed by atoms with Crippen LogP contribution in [0.15, 0.2) is 18.2 Å². The van der Waals surface area contributed by atoms with Crippen LogP contribution in [-0.4, -0.2) is 26.2 Å². The topological polar surface area (TPSA) is 39.1 Å². The number of anilines is 1. The molecule has 1 saturated heterocycles. The molecular formula is C11H12N3. The first-order valence-electron chi connectivity index (χ1n) is 4.78. The quantitative estimate of drug-likeness (QED) is 0.704. The highest BCUT2D eigenvalue weighted by molar-refractivity contribution is 5.58. The molecule has 0 spiro atoms. The number of nitrogens with one attached hydrogen (secondary N) is 1. The standard InChI is InChI=1S/C11H12N3/c12-9-10-3-1-2-4-11(10)14-7-5-13-6-8-14/h1-3,13H,5-8H2. The van der Waals surface area contributed by atoms with Crippen molar-refractivity contribution >= 4 is 5.69 Å². The van der Waals surface area contributed by atoms with Crippen LogP contribution < -0.4 is 10.2 Å². The molecule has 0 aliphatic carbocycles. The highest BCUT2D eigenvalue weighted by Crippen LogP contribution is 2.18. The molecule has 1 aromatic carbocycles. The molecule has 0 bridgehead atoms. The second-order valence-corrected chi connectivity index (χ2v) is 3.28. The fourth-order valence-corrected chi connectivity index (χ4v) is 1.67. The molecule has 1 aromatic rings. The first-order chi connectivity index (χ1) is 6.92. The molecule has 1 N–H and O–H groups in total. The van der Waals surface area contributed by atoms with Crippen LogP contribution in [0.1, 0.15) is 5.56 Å². The third-order valence-corrected chi connectivity index (χ3v) is 2.39. The summed E-state index contributed by atoms with van der Waals surface area (Å²) in [5.41, 5.74) is 1.66. The number of hydrogen-bond donors (Lipinski definition) is 1. The molecular weight excluding hydrogens is 174 g/mol. The Kier molecular flexibility index (Phi) is 2.66. The van der Waals surface area contributed by atoms with E-state index in [1.54, 1.807) is 0 Å². The summed E-state index contributed by atoms with van der Waals surface area (Å²) < 4.78 is 0. The summed E-state index contributed by atoms with van der Waals surface area (Å²) >= 11 is 0. The molecule has 0 saturated carbocycles. The molecule has 1 radical (unpaired) electrons. The van der Waals surface area contributed by atoms with Gasteiger partial charge in [0, 0.05) is 32.2 Å². The Labute approximate surface area is 84.0 Å². The van der Waals surface area contributed by atoms with Gasteiger partial charge in [-0.1, -0.05) is 12.1 Å². The predicted molar refractivity (Wildman–Crippen MR) is 55.1 cm³/mol. The summed E-state index contributed by atoms with van der Waals surface area (Å²) in [6.45, 7) is 3.87. The monoisotopic (exact) mass is 186 g/mol. The molecule has 71 valence electrons. The Balaban J connectivity index is 2.26. The van der Waals surface area contributed by atoms with E-state index in [0.29, 0.717) is 0 Å². The van der Waals surface area contributed by atoms with Crippen molar-refractivity contribution in [3.8, 4) is 6.07 Å². The highest BCUT2D eigenvalue weighted by Gasteiger charge is 2.13. The van der Waals surface area contributed by atoms with Crippen molar-refractivity contribution in [1.29, 1.82) is 5.26 Å². The van der Waals surface area contributed by atoms with Crippen LogP contribution in [0.25, 0.3) is 0 Å². The summed E-state index contributed by atoms with van der Waals surface area (Å²) in [6.07, 6.45) is 0. The van der Waals surface area contributed by atoms with Gasteiger partial charge in [0.25, 0.3) is 0 Å². The maximum Gasteiger partial charge on any atom is 0.101 e. The van der Waals surface area contributed by atoms with Gasteiger partial charge in [0.15, 0.2) is 0 Å². The molecule has 0 atom stereocenters. The van der Waals surface area contributed by atoms with E-state index in [4.69, 9.17) is 5.26 Å². The van der Waals surface area contributed by atoms with Crippen LogP contribution in [0.5, 0.6) is 0 Å². The lowest BCUT2D eigenvalue weighted by Gasteiger charge is -2.29. The van der Waals surface area contributed by atoms with Gasteiger partial charge in [0.2, 0.25) is 0 Å². The van der Waals surface area contributed by atoms with Crippen LogP contribution in [0.2, 0.25) is 0 Å². The molecule has 1 aliphatic rings. The molecule has 0 amide bonds. The Morgan fingerprint density at radius 3 is 2.93 bits per heavy atom. The zero-order valence-electron chi connectivity index (χ0n) is 7.95. The molecule has 3 nitrogen and oxygen atoms in total. The normalized spacial score (nSPS) is 16.4. The fraction of sp³-hybridized carbons (Fsp3) is 0.364. The summed E-state index contributed by atoms with van der Waals surface area (Å²) in [5.74, 6) is 0. The Morgan fingerprint density at radius 2 is 2.21 bits per heavy atom. The highest BCUT2D eigenvalue weighted by atomic mass is 15.2. The zero-order valence-corrected chi connectivity index (χ0v) is 7.95. The lowest BCUT2D eigenvalue weighted by Crippen LogP contribution is -2.43. The lowest BCUT2D eigenvalue weighted by atomic mass is 10.1. The van der Waals surface area contributed by atoms with Crippen molar-refractivity contribution in [2.75, 3.05) is 31.1 Å². The second kappa shape index (κ2) is 4.12. The summed E-state index contributed by atoms with van der Waals surface area (Å²) in [6, 6.07) is 10.9. The molecule has 3 heteroatoms. The molecule has 1 aliphatic heterocycles. The Hall–Kier alpha value is -1.53. The third kappa shape index (κ3) is 1.70. The third-order valence-electron chi connectivity index (χ3n) is 2.39. The smallest absolute Gasteiger partial charge is 0.101 e. The van der Waals surface area contributed by atoms with Crippen molar-refractivity contribution in [2.45, 2.75) is 0 Å². The van der Waals surface area contributed by atoms with Gasteiger partial charge < -0.3 is 10.2 Å². The van der Waals surface area contributed by atoms with E-state index in [1.807, 2.05) is 18.2 Å². The molecule has 0 aromatic heterocycles. The maximum atomic E-state index is 8.94. The predicted octanol–water partition coefficient (Wildman–Crippen LogP) is 0.768. The van der Waals surface area contributed by atoms with Crippen LogP contribution in [0.4, 0.5) is 5.69 Å². The number of nitriles is 1. The van der Waals surface area contributed by atoms with Gasteiger partial charge >= 0.3 is 0 Å². The minimum atomic E-state index is 0.717. The number of piperazine rings is 1. The molecule has 0 unspecified atom stereocenters. The van der Waals surface area contributed by atoms with Gasteiger partial charge in [-0.05, 0) is 6.07 Å². The number of para-hydroxylation sites is 1. The van der Waals surface area contributed by atoms with Crippen LogP contribution in [0, 0.1) is 17.4 Å². The number of benzene rings is 1. The molecule has 2 rings (SSSR count). The minimum Gasteiger partial charge on any atom is -0.367 e. The van der Waals surface area contributed by atoms with Gasteiger partial charge in [-0.15, -0.1) is 0 Å². The zero-order chi connectivity index (χ0) is 9.80. The average molecular weight is 186 g/mol. The van der Waals surface area contributed by atoms with Gasteiger partial charge in [-0.25, -0.2) is 0 Å². The lowest BCUT2D eigenvalue weighted by molar-refractivity contribution is 0.589. The van der Waals surface area contributed by atoms with Crippen molar-refractivity contribution in [2.24, 2.45) is 0 Å². The molecule has 1 heterocycles. The van der Waals surface area contributed by atoms with E-state index in [9.17, 15) is 0 Å². The van der Waals surface area contributed by atoms with E-state index in [1.165, 1.54) is 0 Å². The van der Waals surface area contributed by atoms with Crippen molar-refractivity contribution in [3.05, 3.63) is 29.8 Å². The van der Waals surface area contributed by atoms with Crippen LogP contribution in [-0.2, 0) is 0 Å². The summed E-state index contributed by atoms with van der Waals surface area (Å²) in [7, 11) is 0. The summed E-state index contributed by atoms with van der Waals surface area (Å²) in [4.78, 5) is 2.20. The fourth-order valence-electron chi connectivity index (χ4n) is 1.67. The van der Waals surface area contributed by atoms with E-state index in [-0.39, 0.29) is 0 Å². The number of nitrogens with zero attached hydrogens (tertiary/aromatic N) is 2. The molecule has 14 heavy (non-hydrogen) atoms. The largest absolute Gasteiger partial charge is 0.367 e. The molecule has 1 fully saturated rings. The van der Waals surface area contributed by atoms with Crippen LogP contribution >= 0.6 is 0 Å². The van der Waals surface area contributed by atoms with E-state index in [2.05, 4.69) is 22.4 Å².